The molecule has 0 aliphatic carbocycles. The van der Waals surface area contributed by atoms with E-state index in [1.165, 1.54) is 0 Å². The predicted octanol–water partition coefficient (Wildman–Crippen LogP) is 5.81. The highest BCUT2D eigenvalue weighted by molar-refractivity contribution is 9.10. The van der Waals surface area contributed by atoms with Crippen molar-refractivity contribution in [1.29, 1.82) is 0 Å². The zero-order chi connectivity index (χ0) is 23.6. The lowest BCUT2D eigenvalue weighted by Gasteiger charge is -2.29. The van der Waals surface area contributed by atoms with Crippen LogP contribution in [-0.4, -0.2) is 26.1 Å². The van der Waals surface area contributed by atoms with Gasteiger partial charge in [-0.1, -0.05) is 51.4 Å². The van der Waals surface area contributed by atoms with E-state index in [-0.39, 0.29) is 5.92 Å². The molecule has 0 spiro atoms. The molecule has 0 radical (unpaired) electrons. The Morgan fingerprint density at radius 2 is 1.94 bits per heavy atom. The molecule has 1 unspecified atom stereocenters. The first-order chi connectivity index (χ1) is 15.8. The van der Waals surface area contributed by atoms with Gasteiger partial charge in [-0.15, -0.1) is 0 Å². The molecule has 4 rings (SSSR count). The van der Waals surface area contributed by atoms with E-state index in [2.05, 4.69) is 38.5 Å². The summed E-state index contributed by atoms with van der Waals surface area (Å²) in [6.45, 7) is 3.89. The third-order valence-electron chi connectivity index (χ3n) is 5.89. The van der Waals surface area contributed by atoms with Crippen molar-refractivity contribution < 1.29 is 8.73 Å². The topological polar surface area (TPSA) is 94.0 Å². The molecular weight excluding hydrogens is 500 g/mol. The monoisotopic (exact) mass is 526 g/mol. The lowest BCUT2D eigenvalue weighted by atomic mass is 9.83. The van der Waals surface area contributed by atoms with Crippen LogP contribution in [0.25, 0.3) is 22.2 Å². The van der Waals surface area contributed by atoms with Crippen LogP contribution in [-0.2, 0) is 17.4 Å². The number of anilines is 1. The van der Waals surface area contributed by atoms with E-state index in [9.17, 15) is 4.21 Å². The van der Waals surface area contributed by atoms with Gasteiger partial charge in [0, 0.05) is 28.2 Å². The molecule has 2 aromatic heterocycles. The maximum Gasteiger partial charge on any atom is 0.168 e. The van der Waals surface area contributed by atoms with Crippen LogP contribution in [0, 0.1) is 0 Å². The van der Waals surface area contributed by atoms with Gasteiger partial charge in [0.15, 0.2) is 5.58 Å². The molecular formula is C25H27BrN4O2S. The third kappa shape index (κ3) is 5.18. The van der Waals surface area contributed by atoms with Gasteiger partial charge in [0.25, 0.3) is 0 Å². The molecule has 0 amide bonds. The van der Waals surface area contributed by atoms with Gasteiger partial charge in [0.1, 0.15) is 11.5 Å². The van der Waals surface area contributed by atoms with Gasteiger partial charge in [-0.3, -0.25) is 5.14 Å². The zero-order valence-corrected chi connectivity index (χ0v) is 21.2. The summed E-state index contributed by atoms with van der Waals surface area (Å²) in [5.74, 6) is 0.833. The van der Waals surface area contributed by atoms with Gasteiger partial charge >= 0.3 is 0 Å². The summed E-state index contributed by atoms with van der Waals surface area (Å²) in [6, 6.07) is 20.0. The van der Waals surface area contributed by atoms with E-state index in [1.54, 1.807) is 0 Å². The second-order valence-electron chi connectivity index (χ2n) is 8.69. The fourth-order valence-corrected chi connectivity index (χ4v) is 4.83. The van der Waals surface area contributed by atoms with Gasteiger partial charge in [-0.25, -0.2) is 9.19 Å². The Hall–Kier alpha value is -2.55. The van der Waals surface area contributed by atoms with E-state index in [0.717, 1.165) is 43.8 Å². The van der Waals surface area contributed by atoms with Gasteiger partial charge in [-0.05, 0) is 68.5 Å². The first kappa shape index (κ1) is 23.6. The molecule has 0 aliphatic rings. The number of benzene rings is 2. The molecule has 6 nitrogen and oxygen atoms in total. The number of hydrogen-bond donors (Lipinski definition) is 2. The minimum absolute atomic E-state index is 0.0190. The molecule has 0 fully saturated rings. The number of pyridine rings is 1. The Morgan fingerprint density at radius 1 is 1.15 bits per heavy atom. The summed E-state index contributed by atoms with van der Waals surface area (Å²) in [5.41, 5.74) is 4.56. The molecule has 8 heteroatoms. The molecule has 2 atom stereocenters. The third-order valence-corrected chi connectivity index (χ3v) is 7.64. The molecule has 33 heavy (non-hydrogen) atoms. The molecule has 0 saturated carbocycles. The number of nitrogens with two attached hydrogens (primary N) is 1. The minimum atomic E-state index is -1.47. The van der Waals surface area contributed by atoms with Gasteiger partial charge in [0.2, 0.25) is 0 Å². The Bertz CT molecular complexity index is 1300. The Balaban J connectivity index is 1.82. The smallest absolute Gasteiger partial charge is 0.168 e. The lowest BCUT2D eigenvalue weighted by Crippen LogP contribution is -2.34. The summed E-state index contributed by atoms with van der Waals surface area (Å²) >= 11 is 3.49. The van der Waals surface area contributed by atoms with Crippen molar-refractivity contribution in [3.05, 3.63) is 76.4 Å². The largest absolute Gasteiger partial charge is 0.373 e. The van der Waals surface area contributed by atoms with Crippen LogP contribution < -0.4 is 10.5 Å². The Kier molecular flexibility index (Phi) is 6.97. The molecule has 0 saturated heterocycles. The number of fused-ring (bicyclic) bond motifs is 1. The second kappa shape index (κ2) is 9.75. The van der Waals surface area contributed by atoms with Crippen molar-refractivity contribution in [1.82, 2.24) is 10.1 Å². The van der Waals surface area contributed by atoms with Crippen molar-refractivity contribution >= 4 is 43.7 Å². The van der Waals surface area contributed by atoms with Crippen LogP contribution in [0.2, 0.25) is 0 Å². The van der Waals surface area contributed by atoms with Gasteiger partial charge < -0.3 is 9.84 Å². The maximum absolute atomic E-state index is 12.3. The van der Waals surface area contributed by atoms with Crippen LogP contribution in [0.4, 0.5) is 5.82 Å². The molecule has 172 valence electrons. The fourth-order valence-electron chi connectivity index (χ4n) is 4.13. The van der Waals surface area contributed by atoms with Crippen molar-refractivity contribution in [3.8, 4) is 11.3 Å². The van der Waals surface area contributed by atoms with Crippen LogP contribution in [0.15, 0.2) is 69.7 Å². The number of hydrogen-bond acceptors (Lipinski definition) is 5. The van der Waals surface area contributed by atoms with Gasteiger partial charge in [-0.2, -0.15) is 0 Å². The Labute approximate surface area is 204 Å². The summed E-state index contributed by atoms with van der Waals surface area (Å²) in [4.78, 5) is 4.73. The number of rotatable bonds is 8. The first-order valence-electron chi connectivity index (χ1n) is 10.7. The zero-order valence-electron chi connectivity index (χ0n) is 18.8. The normalized spacial score (nSPS) is 13.7. The molecule has 2 aromatic carbocycles. The maximum atomic E-state index is 12.3. The van der Waals surface area contributed by atoms with Crippen molar-refractivity contribution in [2.75, 3.05) is 12.4 Å². The SMILES string of the molecule is CNc1cccc(C[C@@H](CC(C)(C)S(N)=O)c2ccccc2-c2noc3cc(Br)ccc23)n1. The molecule has 0 aliphatic heterocycles. The van der Waals surface area contributed by atoms with E-state index >= 15 is 0 Å². The summed E-state index contributed by atoms with van der Waals surface area (Å²) in [5, 5.41) is 14.3. The molecule has 2 heterocycles. The highest BCUT2D eigenvalue weighted by atomic mass is 79.9. The van der Waals surface area contributed by atoms with Gasteiger partial charge in [0.05, 0.1) is 15.7 Å². The summed E-state index contributed by atoms with van der Waals surface area (Å²) in [6.07, 6.45) is 1.30. The predicted molar refractivity (Wildman–Crippen MR) is 138 cm³/mol. The fraction of sp³-hybridized carbons (Fsp3) is 0.280. The van der Waals surface area contributed by atoms with Crippen molar-refractivity contribution in [2.45, 2.75) is 37.4 Å². The molecule has 4 aromatic rings. The molecule has 3 N–H and O–H groups in total. The first-order valence-corrected chi connectivity index (χ1v) is 12.7. The quantitative estimate of drug-likeness (QED) is 0.302. The van der Waals surface area contributed by atoms with E-state index < -0.39 is 15.7 Å². The second-order valence-corrected chi connectivity index (χ2v) is 11.3. The molecule has 0 bridgehead atoms. The van der Waals surface area contributed by atoms with Crippen LogP contribution in [0.1, 0.15) is 37.4 Å². The average molecular weight is 527 g/mol. The number of nitrogens with one attached hydrogen (secondary N) is 1. The van der Waals surface area contributed by atoms with E-state index in [0.29, 0.717) is 12.8 Å². The average Bonchev–Trinajstić information content (AvgIpc) is 3.21. The highest BCUT2D eigenvalue weighted by Crippen LogP contribution is 2.39. The number of aromatic nitrogens is 2. The van der Waals surface area contributed by atoms with Crippen LogP contribution >= 0.6 is 15.9 Å². The minimum Gasteiger partial charge on any atom is -0.373 e. The van der Waals surface area contributed by atoms with Crippen molar-refractivity contribution in [2.24, 2.45) is 5.14 Å². The van der Waals surface area contributed by atoms with Crippen LogP contribution in [0.5, 0.6) is 0 Å². The standard InChI is InChI=1S/C25H27BrN4O2S/c1-25(2,33(27)31)15-16(13-18-7-6-10-23(28-3)29-18)19-8-4-5-9-20(19)24-21-12-11-17(26)14-22(21)32-30-24/h4-12,14,16H,13,15,27H2,1-3H3,(H,28,29)/t16-,33?/m0/s1. The number of halogens is 1. The van der Waals surface area contributed by atoms with E-state index in [1.807, 2.05) is 69.4 Å². The highest BCUT2D eigenvalue weighted by Gasteiger charge is 2.31. The number of nitrogens with zero attached hydrogens (tertiary/aromatic N) is 2. The lowest BCUT2D eigenvalue weighted by molar-refractivity contribution is 0.459. The van der Waals surface area contributed by atoms with E-state index in [4.69, 9.17) is 14.6 Å². The Morgan fingerprint density at radius 3 is 2.70 bits per heavy atom. The summed E-state index contributed by atoms with van der Waals surface area (Å²) < 4.78 is 18.3. The summed E-state index contributed by atoms with van der Waals surface area (Å²) in [7, 11) is 0.380. The van der Waals surface area contributed by atoms with Crippen molar-refractivity contribution in [3.63, 3.8) is 0 Å². The van der Waals surface area contributed by atoms with Crippen LogP contribution in [0.3, 0.4) is 0 Å².